The Kier molecular flexibility index (Phi) is 6.74. The summed E-state index contributed by atoms with van der Waals surface area (Å²) in [5.74, 6) is 0.925. The number of nitrogens with zero attached hydrogens (tertiary/aromatic N) is 4. The minimum absolute atomic E-state index is 0.204. The molecular weight excluding hydrogens is 488 g/mol. The standard InChI is InChI=1S/C31H28N6O2/c1-2-39-31(38)34-25-20-24-28(35-27(23-16-10-5-11-17-23)30-32-18-19-37(24)30)29(33-25)36-26(21-12-6-3-7-13-21)22-14-8-4-9-15-22/h3-18,20,26,30H,2,19H2,1H3,(H2,33,34,36,38). The Balaban J connectivity index is 1.51. The summed E-state index contributed by atoms with van der Waals surface area (Å²) in [5.41, 5.74) is 5.54. The van der Waals surface area contributed by atoms with E-state index >= 15 is 0 Å². The molecule has 0 bridgehead atoms. The highest BCUT2D eigenvalue weighted by Crippen LogP contribution is 2.44. The molecule has 8 heteroatoms. The van der Waals surface area contributed by atoms with Crippen molar-refractivity contribution in [3.05, 3.63) is 114 Å². The van der Waals surface area contributed by atoms with Gasteiger partial charge in [-0.3, -0.25) is 10.3 Å². The van der Waals surface area contributed by atoms with Crippen LogP contribution in [-0.2, 0) is 4.74 Å². The fourth-order valence-electron chi connectivity index (χ4n) is 4.94. The van der Waals surface area contributed by atoms with Crippen molar-refractivity contribution in [1.82, 2.24) is 4.98 Å². The van der Waals surface area contributed by atoms with Crippen molar-refractivity contribution in [2.45, 2.75) is 19.1 Å². The third kappa shape index (κ3) is 4.96. The summed E-state index contributed by atoms with van der Waals surface area (Å²) in [4.78, 5) is 29.3. The van der Waals surface area contributed by atoms with Gasteiger partial charge >= 0.3 is 6.09 Å². The topological polar surface area (TPSA) is 91.2 Å². The minimum Gasteiger partial charge on any atom is -0.450 e. The molecule has 1 atom stereocenters. The largest absolute Gasteiger partial charge is 0.450 e. The van der Waals surface area contributed by atoms with Crippen molar-refractivity contribution < 1.29 is 9.53 Å². The predicted octanol–water partition coefficient (Wildman–Crippen LogP) is 6.20. The smallest absolute Gasteiger partial charge is 0.412 e. The number of pyridine rings is 1. The second kappa shape index (κ2) is 10.8. The molecule has 0 fully saturated rings. The molecular formula is C31H28N6O2. The number of aliphatic imine (C=N–C) groups is 2. The van der Waals surface area contributed by atoms with Gasteiger partial charge in [-0.15, -0.1) is 0 Å². The van der Waals surface area contributed by atoms with Crippen LogP contribution in [0.4, 0.5) is 27.8 Å². The maximum Gasteiger partial charge on any atom is 0.412 e. The van der Waals surface area contributed by atoms with E-state index in [0.29, 0.717) is 23.9 Å². The van der Waals surface area contributed by atoms with Crippen molar-refractivity contribution in [3.63, 3.8) is 0 Å². The number of fused-ring (bicyclic) bond motifs is 3. The number of carbonyl (C=O) groups excluding carboxylic acids is 1. The molecule has 1 unspecified atom stereocenters. The summed E-state index contributed by atoms with van der Waals surface area (Å²) < 4.78 is 5.13. The molecule has 2 aliphatic rings. The van der Waals surface area contributed by atoms with Crippen molar-refractivity contribution in [2.75, 3.05) is 28.7 Å². The number of ether oxygens (including phenoxy) is 1. The highest BCUT2D eigenvalue weighted by atomic mass is 16.5. The summed E-state index contributed by atoms with van der Waals surface area (Å²) in [5, 5.41) is 6.44. The number of benzene rings is 3. The quantitative estimate of drug-likeness (QED) is 0.305. The fourth-order valence-corrected chi connectivity index (χ4v) is 4.94. The summed E-state index contributed by atoms with van der Waals surface area (Å²) in [6, 6.07) is 32.1. The molecule has 6 rings (SSSR count). The number of hydrogen-bond donors (Lipinski definition) is 2. The van der Waals surface area contributed by atoms with Crippen LogP contribution in [0.5, 0.6) is 0 Å². The molecule has 1 amide bonds. The van der Waals surface area contributed by atoms with Gasteiger partial charge in [0.1, 0.15) is 11.5 Å². The number of amides is 1. The number of anilines is 3. The lowest BCUT2D eigenvalue weighted by Gasteiger charge is -2.33. The van der Waals surface area contributed by atoms with Crippen LogP contribution in [-0.4, -0.2) is 42.3 Å². The third-order valence-corrected chi connectivity index (χ3v) is 6.70. The van der Waals surface area contributed by atoms with E-state index in [1.807, 2.05) is 79.0 Å². The van der Waals surface area contributed by atoms with E-state index in [4.69, 9.17) is 19.7 Å². The van der Waals surface area contributed by atoms with Gasteiger partial charge in [-0.25, -0.2) is 14.8 Å². The van der Waals surface area contributed by atoms with E-state index in [2.05, 4.69) is 39.8 Å². The zero-order valence-electron chi connectivity index (χ0n) is 21.5. The zero-order chi connectivity index (χ0) is 26.6. The van der Waals surface area contributed by atoms with Crippen LogP contribution < -0.4 is 15.5 Å². The van der Waals surface area contributed by atoms with Crippen LogP contribution in [0, 0.1) is 0 Å². The molecule has 3 heterocycles. The highest BCUT2D eigenvalue weighted by Gasteiger charge is 2.35. The van der Waals surface area contributed by atoms with Gasteiger partial charge in [-0.1, -0.05) is 91.0 Å². The minimum atomic E-state index is -0.558. The fraction of sp³-hybridized carbons (Fsp3) is 0.161. The van der Waals surface area contributed by atoms with Gasteiger partial charge in [0, 0.05) is 17.8 Å². The lowest BCUT2D eigenvalue weighted by Crippen LogP contribution is -2.39. The van der Waals surface area contributed by atoms with Crippen LogP contribution in [0.25, 0.3) is 0 Å². The number of nitrogens with one attached hydrogen (secondary N) is 2. The van der Waals surface area contributed by atoms with Crippen molar-refractivity contribution >= 4 is 41.0 Å². The number of rotatable bonds is 7. The van der Waals surface area contributed by atoms with Gasteiger partial charge in [0.2, 0.25) is 0 Å². The first-order chi connectivity index (χ1) is 19.2. The average Bonchev–Trinajstić information content (AvgIpc) is 3.48. The monoisotopic (exact) mass is 516 g/mol. The molecule has 194 valence electrons. The van der Waals surface area contributed by atoms with Crippen molar-refractivity contribution in [1.29, 1.82) is 0 Å². The van der Waals surface area contributed by atoms with Gasteiger partial charge in [0.15, 0.2) is 12.0 Å². The van der Waals surface area contributed by atoms with Crippen LogP contribution >= 0.6 is 0 Å². The summed E-state index contributed by atoms with van der Waals surface area (Å²) in [6.45, 7) is 2.65. The second-order valence-electron chi connectivity index (χ2n) is 9.19. The third-order valence-electron chi connectivity index (χ3n) is 6.70. The van der Waals surface area contributed by atoms with Crippen LogP contribution in [0.1, 0.15) is 29.7 Å². The summed E-state index contributed by atoms with van der Waals surface area (Å²) in [7, 11) is 0. The van der Waals surface area contributed by atoms with E-state index < -0.39 is 6.09 Å². The second-order valence-corrected chi connectivity index (χ2v) is 9.19. The van der Waals surface area contributed by atoms with Crippen molar-refractivity contribution in [2.24, 2.45) is 9.98 Å². The maximum atomic E-state index is 12.4. The Morgan fingerprint density at radius 1 is 0.974 bits per heavy atom. The molecule has 0 saturated heterocycles. The van der Waals surface area contributed by atoms with E-state index in [1.54, 1.807) is 6.92 Å². The summed E-state index contributed by atoms with van der Waals surface area (Å²) >= 11 is 0. The van der Waals surface area contributed by atoms with Crippen LogP contribution in [0.2, 0.25) is 0 Å². The normalized spacial score (nSPS) is 15.4. The Morgan fingerprint density at radius 2 is 1.62 bits per heavy atom. The van der Waals surface area contributed by atoms with Gasteiger partial charge in [-0.2, -0.15) is 0 Å². The first-order valence-corrected chi connectivity index (χ1v) is 13.0. The van der Waals surface area contributed by atoms with Gasteiger partial charge in [0.05, 0.1) is 30.6 Å². The molecule has 39 heavy (non-hydrogen) atoms. The Morgan fingerprint density at radius 3 is 2.26 bits per heavy atom. The molecule has 3 aromatic carbocycles. The van der Waals surface area contributed by atoms with Crippen molar-refractivity contribution in [3.8, 4) is 0 Å². The first-order valence-electron chi connectivity index (χ1n) is 13.0. The summed E-state index contributed by atoms with van der Waals surface area (Å²) in [6.07, 6.45) is 1.09. The van der Waals surface area contributed by atoms with Gasteiger partial charge < -0.3 is 15.0 Å². The van der Waals surface area contributed by atoms with Gasteiger partial charge in [0.25, 0.3) is 0 Å². The number of hydrogen-bond acceptors (Lipinski definition) is 7. The number of carbonyl (C=O) groups is 1. The molecule has 0 spiro atoms. The average molecular weight is 517 g/mol. The number of aromatic nitrogens is 1. The maximum absolute atomic E-state index is 12.4. The molecule has 2 N–H and O–H groups in total. The molecule has 0 radical (unpaired) electrons. The molecule has 2 aliphatic heterocycles. The van der Waals surface area contributed by atoms with E-state index in [-0.39, 0.29) is 18.8 Å². The van der Waals surface area contributed by atoms with Crippen LogP contribution in [0.15, 0.2) is 107 Å². The molecule has 4 aromatic rings. The lowest BCUT2D eigenvalue weighted by molar-refractivity contribution is 0.168. The van der Waals surface area contributed by atoms with E-state index in [9.17, 15) is 4.79 Å². The van der Waals surface area contributed by atoms with Crippen LogP contribution in [0.3, 0.4) is 0 Å². The highest BCUT2D eigenvalue weighted by molar-refractivity contribution is 6.12. The molecule has 0 saturated carbocycles. The Bertz CT molecular complexity index is 1480. The zero-order valence-corrected chi connectivity index (χ0v) is 21.5. The molecule has 8 nitrogen and oxygen atoms in total. The Labute approximate surface area is 227 Å². The van der Waals surface area contributed by atoms with E-state index in [0.717, 1.165) is 28.1 Å². The lowest BCUT2D eigenvalue weighted by atomic mass is 9.98. The SMILES string of the molecule is CCOC(=O)Nc1cc2c(c(NC(c3ccccc3)c3ccccc3)n1)N=C(c1ccccc1)C1N=CCN21. The molecule has 0 aliphatic carbocycles. The molecule has 1 aromatic heterocycles. The van der Waals surface area contributed by atoms with E-state index in [1.165, 1.54) is 0 Å². The first kappa shape index (κ1) is 24.4. The predicted molar refractivity (Wildman–Crippen MR) is 155 cm³/mol. The van der Waals surface area contributed by atoms with Gasteiger partial charge in [-0.05, 0) is 18.1 Å². The Hall–Kier alpha value is -4.98.